The van der Waals surface area contributed by atoms with Crippen LogP contribution in [0.25, 0.3) is 0 Å². The van der Waals surface area contributed by atoms with E-state index in [1.54, 1.807) is 26.4 Å². The largest absolute Gasteiger partial charge is 0.493 e. The van der Waals surface area contributed by atoms with Gasteiger partial charge in [0.15, 0.2) is 11.5 Å². The molecule has 0 bridgehead atoms. The standard InChI is InChI=1S/C30H34N4O5/c1-20-4-7-23(8-5-20)32-14-15-33-26-10-9-24(34(36)37)17-22(26)18-25(27(33)19-32)30(35)31-13-12-21-6-11-28(38-2)29(16-21)39-3/h4-11,16-17,25,27H,12-15,18-19H2,1-3H3,(H,31,35)/t25-,27-/m1/s1. The van der Waals surface area contributed by atoms with Gasteiger partial charge >= 0.3 is 0 Å². The minimum absolute atomic E-state index is 0.0339. The summed E-state index contributed by atoms with van der Waals surface area (Å²) in [6.45, 7) is 4.79. The number of anilines is 2. The summed E-state index contributed by atoms with van der Waals surface area (Å²) >= 11 is 0. The molecule has 0 unspecified atom stereocenters. The van der Waals surface area contributed by atoms with Crippen LogP contribution in [0.5, 0.6) is 11.5 Å². The molecule has 9 nitrogen and oxygen atoms in total. The number of hydrogen-bond donors (Lipinski definition) is 1. The van der Waals surface area contributed by atoms with E-state index in [9.17, 15) is 14.9 Å². The first-order valence-electron chi connectivity index (χ1n) is 13.2. The molecule has 1 fully saturated rings. The minimum Gasteiger partial charge on any atom is -0.493 e. The van der Waals surface area contributed by atoms with Crippen LogP contribution in [0.15, 0.2) is 60.7 Å². The summed E-state index contributed by atoms with van der Waals surface area (Å²) in [5.41, 5.74) is 5.27. The second-order valence-electron chi connectivity index (χ2n) is 10.2. The average molecular weight is 531 g/mol. The summed E-state index contributed by atoms with van der Waals surface area (Å²) in [4.78, 5) is 29.3. The van der Waals surface area contributed by atoms with Gasteiger partial charge < -0.3 is 24.6 Å². The highest BCUT2D eigenvalue weighted by Crippen LogP contribution is 2.38. The number of ether oxygens (including phenoxy) is 2. The zero-order valence-electron chi connectivity index (χ0n) is 22.6. The van der Waals surface area contributed by atoms with Crippen molar-refractivity contribution in [3.8, 4) is 11.5 Å². The van der Waals surface area contributed by atoms with Crippen LogP contribution >= 0.6 is 0 Å². The third-order valence-electron chi connectivity index (χ3n) is 7.80. The van der Waals surface area contributed by atoms with Gasteiger partial charge in [-0.3, -0.25) is 14.9 Å². The number of nitrogens with one attached hydrogen (secondary N) is 1. The molecule has 9 heteroatoms. The number of benzene rings is 3. The van der Waals surface area contributed by atoms with E-state index < -0.39 is 0 Å². The third-order valence-corrected chi connectivity index (χ3v) is 7.80. The van der Waals surface area contributed by atoms with Crippen molar-refractivity contribution in [1.29, 1.82) is 0 Å². The van der Waals surface area contributed by atoms with E-state index in [1.807, 2.05) is 24.3 Å². The molecule has 1 N–H and O–H groups in total. The molecule has 0 saturated carbocycles. The summed E-state index contributed by atoms with van der Waals surface area (Å²) in [7, 11) is 3.20. The summed E-state index contributed by atoms with van der Waals surface area (Å²) in [6, 6.07) is 19.2. The lowest BCUT2D eigenvalue weighted by atomic mass is 9.83. The number of carbonyl (C=O) groups is 1. The van der Waals surface area contributed by atoms with E-state index in [2.05, 4.69) is 46.3 Å². The van der Waals surface area contributed by atoms with Crippen LogP contribution in [-0.4, -0.2) is 57.3 Å². The second-order valence-corrected chi connectivity index (χ2v) is 10.2. The van der Waals surface area contributed by atoms with Crippen LogP contribution in [0, 0.1) is 23.0 Å². The van der Waals surface area contributed by atoms with Crippen molar-refractivity contribution >= 4 is 23.0 Å². The SMILES string of the molecule is COc1ccc(CCNC(=O)[C@@H]2Cc3cc([N+](=O)[O-])ccc3N3CCN(c4ccc(C)cc4)C[C@H]23)cc1OC. The van der Waals surface area contributed by atoms with Crippen molar-refractivity contribution in [2.24, 2.45) is 5.92 Å². The van der Waals surface area contributed by atoms with E-state index in [-0.39, 0.29) is 28.5 Å². The highest BCUT2D eigenvalue weighted by atomic mass is 16.6. The van der Waals surface area contributed by atoms with Gasteiger partial charge in [-0.25, -0.2) is 0 Å². The van der Waals surface area contributed by atoms with Crippen molar-refractivity contribution in [3.05, 3.63) is 87.5 Å². The Bertz CT molecular complexity index is 1360. The number of non-ortho nitro benzene ring substituents is 1. The second kappa shape index (κ2) is 11.2. The van der Waals surface area contributed by atoms with Crippen LogP contribution in [0.1, 0.15) is 16.7 Å². The fourth-order valence-electron chi connectivity index (χ4n) is 5.71. The van der Waals surface area contributed by atoms with Crippen molar-refractivity contribution in [3.63, 3.8) is 0 Å². The summed E-state index contributed by atoms with van der Waals surface area (Å²) in [6.07, 6.45) is 1.10. The number of piperazine rings is 1. The number of rotatable bonds is 8. The third kappa shape index (κ3) is 5.48. The molecule has 3 aromatic carbocycles. The lowest BCUT2D eigenvalue weighted by Crippen LogP contribution is -2.61. The molecule has 204 valence electrons. The zero-order valence-corrected chi connectivity index (χ0v) is 22.6. The molecule has 2 heterocycles. The molecule has 5 rings (SSSR count). The fourth-order valence-corrected chi connectivity index (χ4v) is 5.71. The Balaban J connectivity index is 1.35. The summed E-state index contributed by atoms with van der Waals surface area (Å²) in [5.74, 6) is 0.947. The number of nitro groups is 1. The molecule has 0 spiro atoms. The average Bonchev–Trinajstić information content (AvgIpc) is 2.96. The number of carbonyl (C=O) groups excluding carboxylic acids is 1. The van der Waals surface area contributed by atoms with Gasteiger partial charge in [0.25, 0.3) is 5.69 Å². The monoisotopic (exact) mass is 530 g/mol. The van der Waals surface area contributed by atoms with Gasteiger partial charge in [0.2, 0.25) is 5.91 Å². The van der Waals surface area contributed by atoms with E-state index in [0.717, 1.165) is 35.6 Å². The molecular formula is C30H34N4O5. The van der Waals surface area contributed by atoms with Crippen molar-refractivity contribution < 1.29 is 19.2 Å². The molecule has 3 aromatic rings. The van der Waals surface area contributed by atoms with Gasteiger partial charge in [-0.05, 0) is 61.2 Å². The minimum atomic E-state index is -0.375. The Kier molecular flexibility index (Phi) is 7.58. The van der Waals surface area contributed by atoms with Gasteiger partial charge in [0, 0.05) is 49.7 Å². The Morgan fingerprint density at radius 2 is 1.79 bits per heavy atom. The number of aryl methyl sites for hydroxylation is 1. The molecule has 2 atom stereocenters. The predicted octanol–water partition coefficient (Wildman–Crippen LogP) is 4.15. The fraction of sp³-hybridized carbons (Fsp3) is 0.367. The maximum atomic E-state index is 13.6. The summed E-state index contributed by atoms with van der Waals surface area (Å²) in [5, 5.41) is 14.6. The van der Waals surface area contributed by atoms with Crippen molar-refractivity contribution in [2.45, 2.75) is 25.8 Å². The lowest BCUT2D eigenvalue weighted by Gasteiger charge is -2.49. The maximum absolute atomic E-state index is 13.6. The van der Waals surface area contributed by atoms with E-state index in [0.29, 0.717) is 37.4 Å². The molecule has 1 amide bonds. The van der Waals surface area contributed by atoms with Gasteiger partial charge in [0.1, 0.15) is 0 Å². The first-order valence-corrected chi connectivity index (χ1v) is 13.2. The predicted molar refractivity (Wildman–Crippen MR) is 151 cm³/mol. The maximum Gasteiger partial charge on any atom is 0.269 e. The highest BCUT2D eigenvalue weighted by molar-refractivity contribution is 5.82. The van der Waals surface area contributed by atoms with Crippen LogP contribution in [0.3, 0.4) is 0 Å². The van der Waals surface area contributed by atoms with Crippen molar-refractivity contribution in [1.82, 2.24) is 5.32 Å². The van der Waals surface area contributed by atoms with Gasteiger partial charge in [0.05, 0.1) is 31.1 Å². The quantitative estimate of drug-likeness (QED) is 0.345. The first kappa shape index (κ1) is 26.3. The van der Waals surface area contributed by atoms with E-state index >= 15 is 0 Å². The number of hydrogen-bond acceptors (Lipinski definition) is 7. The van der Waals surface area contributed by atoms with Crippen LogP contribution in [0.2, 0.25) is 0 Å². The summed E-state index contributed by atoms with van der Waals surface area (Å²) < 4.78 is 10.7. The zero-order chi connectivity index (χ0) is 27.5. The molecule has 2 aliphatic rings. The molecule has 0 aliphatic carbocycles. The Hall–Kier alpha value is -4.27. The lowest BCUT2D eigenvalue weighted by molar-refractivity contribution is -0.384. The van der Waals surface area contributed by atoms with Crippen LogP contribution in [-0.2, 0) is 17.6 Å². The molecule has 0 aromatic heterocycles. The number of methoxy groups -OCH3 is 2. The molecule has 2 aliphatic heterocycles. The van der Waals surface area contributed by atoms with Crippen LogP contribution < -0.4 is 24.6 Å². The normalized spacial score (nSPS) is 18.1. The van der Waals surface area contributed by atoms with Crippen LogP contribution in [0.4, 0.5) is 17.1 Å². The number of nitrogens with zero attached hydrogens (tertiary/aromatic N) is 3. The van der Waals surface area contributed by atoms with Gasteiger partial charge in [-0.15, -0.1) is 0 Å². The first-order chi connectivity index (χ1) is 18.9. The van der Waals surface area contributed by atoms with Gasteiger partial charge in [-0.2, -0.15) is 0 Å². The van der Waals surface area contributed by atoms with E-state index in [1.165, 1.54) is 5.56 Å². The smallest absolute Gasteiger partial charge is 0.269 e. The Morgan fingerprint density at radius 3 is 2.51 bits per heavy atom. The molecule has 39 heavy (non-hydrogen) atoms. The molecule has 0 radical (unpaired) electrons. The molecular weight excluding hydrogens is 496 g/mol. The van der Waals surface area contributed by atoms with E-state index in [4.69, 9.17) is 9.47 Å². The Morgan fingerprint density at radius 1 is 1.03 bits per heavy atom. The molecule has 1 saturated heterocycles. The highest BCUT2D eigenvalue weighted by Gasteiger charge is 2.42. The number of amides is 1. The number of nitro benzene ring substituents is 1. The van der Waals surface area contributed by atoms with Crippen molar-refractivity contribution in [2.75, 3.05) is 50.2 Å². The topological polar surface area (TPSA) is 97.2 Å². The van der Waals surface area contributed by atoms with Gasteiger partial charge in [-0.1, -0.05) is 23.8 Å². The number of fused-ring (bicyclic) bond motifs is 3. The Labute approximate surface area is 228 Å².